The van der Waals surface area contributed by atoms with Crippen LogP contribution in [0, 0.1) is 5.92 Å². The molecule has 0 spiro atoms. The molecule has 1 aromatic rings. The maximum Gasteiger partial charge on any atom is 0.250 e. The summed E-state index contributed by atoms with van der Waals surface area (Å²) in [6.45, 7) is 5.13. The van der Waals surface area contributed by atoms with Gasteiger partial charge in [-0.2, -0.15) is 0 Å². The number of pyridine rings is 1. The maximum atomic E-state index is 11.5. The van der Waals surface area contributed by atoms with Crippen molar-refractivity contribution in [2.24, 2.45) is 5.92 Å². The Labute approximate surface area is 109 Å². The van der Waals surface area contributed by atoms with Crippen LogP contribution in [0.2, 0.25) is 0 Å². The van der Waals surface area contributed by atoms with Gasteiger partial charge in [0.25, 0.3) is 5.56 Å². The van der Waals surface area contributed by atoms with Crippen molar-refractivity contribution >= 4 is 0 Å². The average molecular weight is 249 g/mol. The minimum Gasteiger partial charge on any atom is -0.315 e. The summed E-state index contributed by atoms with van der Waals surface area (Å²) in [4.78, 5) is 13.9. The van der Waals surface area contributed by atoms with Crippen molar-refractivity contribution in [3.8, 4) is 0 Å². The summed E-state index contributed by atoms with van der Waals surface area (Å²) in [7, 11) is 2.19. The highest BCUT2D eigenvalue weighted by Gasteiger charge is 2.15. The SMILES string of the molecule is CN1CCC(CNCCn2ccccc2=O)CC1. The van der Waals surface area contributed by atoms with Crippen LogP contribution in [0.3, 0.4) is 0 Å². The van der Waals surface area contributed by atoms with Gasteiger partial charge in [0.1, 0.15) is 0 Å². The van der Waals surface area contributed by atoms with Gasteiger partial charge in [0.05, 0.1) is 0 Å². The Bertz CT molecular complexity index is 408. The van der Waals surface area contributed by atoms with Crippen LogP contribution < -0.4 is 10.9 Å². The van der Waals surface area contributed by atoms with Crippen molar-refractivity contribution in [3.63, 3.8) is 0 Å². The molecule has 0 aliphatic carbocycles. The van der Waals surface area contributed by atoms with Crippen molar-refractivity contribution in [1.29, 1.82) is 0 Å². The highest BCUT2D eigenvalue weighted by Crippen LogP contribution is 2.14. The molecular formula is C14H23N3O. The molecule has 4 heteroatoms. The molecule has 2 heterocycles. The summed E-state index contributed by atoms with van der Waals surface area (Å²) in [6, 6.07) is 5.29. The number of aromatic nitrogens is 1. The Morgan fingerprint density at radius 3 is 2.83 bits per heavy atom. The molecule has 0 bridgehead atoms. The summed E-state index contributed by atoms with van der Waals surface area (Å²) in [5.74, 6) is 0.800. The van der Waals surface area contributed by atoms with Crippen molar-refractivity contribution in [2.45, 2.75) is 19.4 Å². The van der Waals surface area contributed by atoms with Crippen molar-refractivity contribution in [3.05, 3.63) is 34.7 Å². The third kappa shape index (κ3) is 3.96. The molecule has 0 aromatic carbocycles. The van der Waals surface area contributed by atoms with E-state index in [0.717, 1.165) is 25.6 Å². The Kier molecular flexibility index (Phi) is 4.96. The van der Waals surface area contributed by atoms with E-state index in [0.29, 0.717) is 0 Å². The molecule has 0 unspecified atom stereocenters. The molecule has 1 aromatic heterocycles. The number of nitrogens with one attached hydrogen (secondary N) is 1. The number of rotatable bonds is 5. The first-order chi connectivity index (χ1) is 8.75. The Morgan fingerprint density at radius 2 is 2.11 bits per heavy atom. The molecule has 4 nitrogen and oxygen atoms in total. The van der Waals surface area contributed by atoms with E-state index in [9.17, 15) is 4.79 Å². The summed E-state index contributed by atoms with van der Waals surface area (Å²) < 4.78 is 1.75. The lowest BCUT2D eigenvalue weighted by Gasteiger charge is -2.29. The fourth-order valence-electron chi connectivity index (χ4n) is 2.42. The predicted molar refractivity (Wildman–Crippen MR) is 73.8 cm³/mol. The molecule has 1 saturated heterocycles. The van der Waals surface area contributed by atoms with Crippen LogP contribution in [0.25, 0.3) is 0 Å². The second-order valence-corrected chi connectivity index (χ2v) is 5.18. The van der Waals surface area contributed by atoms with Crippen LogP contribution in [0.1, 0.15) is 12.8 Å². The number of hydrogen-bond acceptors (Lipinski definition) is 3. The maximum absolute atomic E-state index is 11.5. The largest absolute Gasteiger partial charge is 0.315 e. The molecule has 18 heavy (non-hydrogen) atoms. The zero-order valence-electron chi connectivity index (χ0n) is 11.1. The molecule has 1 N–H and O–H groups in total. The third-order valence-corrected chi connectivity index (χ3v) is 3.70. The lowest BCUT2D eigenvalue weighted by atomic mass is 9.97. The van der Waals surface area contributed by atoms with Crippen LogP contribution in [0.4, 0.5) is 0 Å². The van der Waals surface area contributed by atoms with E-state index in [2.05, 4.69) is 17.3 Å². The lowest BCUT2D eigenvalue weighted by Crippen LogP contribution is -2.36. The van der Waals surface area contributed by atoms with Crippen molar-refractivity contribution in [1.82, 2.24) is 14.8 Å². The number of nitrogens with zero attached hydrogens (tertiary/aromatic N) is 2. The molecule has 0 amide bonds. The quantitative estimate of drug-likeness (QED) is 0.784. The zero-order valence-corrected chi connectivity index (χ0v) is 11.1. The van der Waals surface area contributed by atoms with E-state index in [1.165, 1.54) is 25.9 Å². The van der Waals surface area contributed by atoms with Gasteiger partial charge in [0, 0.05) is 25.4 Å². The van der Waals surface area contributed by atoms with Gasteiger partial charge in [0.2, 0.25) is 0 Å². The van der Waals surface area contributed by atoms with Gasteiger partial charge in [-0.1, -0.05) is 6.07 Å². The van der Waals surface area contributed by atoms with Crippen molar-refractivity contribution in [2.75, 3.05) is 33.2 Å². The monoisotopic (exact) mass is 249 g/mol. The zero-order chi connectivity index (χ0) is 12.8. The first kappa shape index (κ1) is 13.3. The molecular weight excluding hydrogens is 226 g/mol. The van der Waals surface area contributed by atoms with Gasteiger partial charge in [-0.3, -0.25) is 4.79 Å². The smallest absolute Gasteiger partial charge is 0.250 e. The molecule has 1 fully saturated rings. The highest BCUT2D eigenvalue weighted by molar-refractivity contribution is 4.93. The van der Waals surface area contributed by atoms with Crippen LogP contribution in [0.15, 0.2) is 29.2 Å². The molecule has 0 saturated carbocycles. The Morgan fingerprint density at radius 1 is 1.33 bits per heavy atom. The fraction of sp³-hybridized carbons (Fsp3) is 0.643. The van der Waals surface area contributed by atoms with E-state index in [4.69, 9.17) is 0 Å². The third-order valence-electron chi connectivity index (χ3n) is 3.70. The topological polar surface area (TPSA) is 37.3 Å². The van der Waals surface area contributed by atoms with Crippen molar-refractivity contribution < 1.29 is 0 Å². The highest BCUT2D eigenvalue weighted by atomic mass is 16.1. The molecule has 0 radical (unpaired) electrons. The van der Waals surface area contributed by atoms with Gasteiger partial charge >= 0.3 is 0 Å². The number of hydrogen-bond donors (Lipinski definition) is 1. The van der Waals surface area contributed by atoms with Crippen LogP contribution in [0.5, 0.6) is 0 Å². The predicted octanol–water partition coefficient (Wildman–Crippen LogP) is 0.780. The molecule has 100 valence electrons. The first-order valence-corrected chi connectivity index (χ1v) is 6.80. The second kappa shape index (κ2) is 6.71. The van der Waals surface area contributed by atoms with E-state index in [1.807, 2.05) is 12.3 Å². The minimum atomic E-state index is 0.0820. The second-order valence-electron chi connectivity index (χ2n) is 5.18. The van der Waals surface area contributed by atoms with Crippen LogP contribution in [-0.4, -0.2) is 42.7 Å². The lowest BCUT2D eigenvalue weighted by molar-refractivity contribution is 0.216. The Balaban J connectivity index is 1.64. The molecule has 2 rings (SSSR count). The molecule has 1 aliphatic rings. The standard InChI is InChI=1S/C14H23N3O/c1-16-9-5-13(6-10-16)12-15-7-11-17-8-3-2-4-14(17)18/h2-4,8,13,15H,5-7,9-12H2,1H3. The van der Waals surface area contributed by atoms with Gasteiger partial charge in [-0.15, -0.1) is 0 Å². The van der Waals surface area contributed by atoms with E-state index in [1.54, 1.807) is 16.7 Å². The van der Waals surface area contributed by atoms with E-state index in [-0.39, 0.29) is 5.56 Å². The fourth-order valence-corrected chi connectivity index (χ4v) is 2.42. The van der Waals surface area contributed by atoms with Gasteiger partial charge in [0.15, 0.2) is 0 Å². The summed E-state index contributed by atoms with van der Waals surface area (Å²) >= 11 is 0. The van der Waals surface area contributed by atoms with Gasteiger partial charge < -0.3 is 14.8 Å². The average Bonchev–Trinajstić information content (AvgIpc) is 2.39. The molecule has 1 aliphatic heterocycles. The number of piperidine rings is 1. The van der Waals surface area contributed by atoms with Gasteiger partial charge in [-0.25, -0.2) is 0 Å². The van der Waals surface area contributed by atoms with E-state index >= 15 is 0 Å². The summed E-state index contributed by atoms with van der Waals surface area (Å²) in [5.41, 5.74) is 0.0820. The normalized spacial score (nSPS) is 18.1. The van der Waals surface area contributed by atoms with E-state index < -0.39 is 0 Å². The first-order valence-electron chi connectivity index (χ1n) is 6.80. The van der Waals surface area contributed by atoms with Crippen LogP contribution in [-0.2, 0) is 6.54 Å². The number of likely N-dealkylation sites (tertiary alicyclic amines) is 1. The van der Waals surface area contributed by atoms with Crippen LogP contribution >= 0.6 is 0 Å². The molecule has 0 atom stereocenters. The van der Waals surface area contributed by atoms with Gasteiger partial charge in [-0.05, 0) is 51.5 Å². The minimum absolute atomic E-state index is 0.0820. The Hall–Kier alpha value is -1.13. The summed E-state index contributed by atoms with van der Waals surface area (Å²) in [5, 5.41) is 3.47. The summed E-state index contributed by atoms with van der Waals surface area (Å²) in [6.07, 6.45) is 4.42.